The van der Waals surface area contributed by atoms with E-state index in [-0.39, 0.29) is 22.9 Å². The fourth-order valence-corrected chi connectivity index (χ4v) is 6.02. The van der Waals surface area contributed by atoms with Crippen molar-refractivity contribution < 1.29 is 17.9 Å². The maximum absolute atomic E-state index is 12.9. The van der Waals surface area contributed by atoms with E-state index in [0.29, 0.717) is 29.8 Å². The minimum absolute atomic E-state index is 0.0363. The molecular weight excluding hydrogens is 455 g/mol. The number of hydrogen-bond donors (Lipinski definition) is 1. The number of nitrogens with zero attached hydrogens (tertiary/aromatic N) is 1. The van der Waals surface area contributed by atoms with Crippen LogP contribution in [-0.2, 0) is 20.2 Å². The van der Waals surface area contributed by atoms with Crippen LogP contribution >= 0.6 is 34.5 Å². The van der Waals surface area contributed by atoms with Gasteiger partial charge >= 0.3 is 0 Å². The second-order valence-electron chi connectivity index (χ2n) is 7.33. The summed E-state index contributed by atoms with van der Waals surface area (Å²) in [6, 6.07) is 6.83. The first-order valence-electron chi connectivity index (χ1n) is 9.02. The highest BCUT2D eigenvalue weighted by atomic mass is 35.5. The Balaban J connectivity index is 1.75. The highest BCUT2D eigenvalue weighted by Gasteiger charge is 2.32. The number of rotatable bonds is 6. The van der Waals surface area contributed by atoms with Gasteiger partial charge < -0.3 is 10.1 Å². The summed E-state index contributed by atoms with van der Waals surface area (Å²) in [5.41, 5.74) is 0.490. The normalized spacial score (nSPS) is 16.0. The van der Waals surface area contributed by atoms with E-state index in [4.69, 9.17) is 27.9 Å². The summed E-state index contributed by atoms with van der Waals surface area (Å²) in [6.07, 6.45) is 0. The molecule has 2 aromatic rings. The molecule has 1 fully saturated rings. The summed E-state index contributed by atoms with van der Waals surface area (Å²) in [5, 5.41) is 5.39. The number of nitrogens with one attached hydrogen (secondary N) is 1. The molecule has 1 aromatic carbocycles. The molecule has 1 aliphatic rings. The molecule has 0 aliphatic carbocycles. The van der Waals surface area contributed by atoms with Gasteiger partial charge in [-0.15, -0.1) is 11.3 Å². The van der Waals surface area contributed by atoms with Gasteiger partial charge in [0.15, 0.2) is 0 Å². The van der Waals surface area contributed by atoms with E-state index < -0.39 is 21.3 Å². The van der Waals surface area contributed by atoms with Crippen molar-refractivity contribution in [1.29, 1.82) is 0 Å². The molecule has 0 spiro atoms. The molecular formula is C19H22Cl2N2O4S2. The molecule has 1 aliphatic heterocycles. The van der Waals surface area contributed by atoms with Crippen LogP contribution in [0.1, 0.15) is 29.1 Å². The minimum atomic E-state index is -3.74. The van der Waals surface area contributed by atoms with Crippen LogP contribution in [0.3, 0.4) is 0 Å². The highest BCUT2D eigenvalue weighted by Crippen LogP contribution is 2.30. The number of hydrogen-bond acceptors (Lipinski definition) is 5. The van der Waals surface area contributed by atoms with Gasteiger partial charge in [0.05, 0.1) is 23.3 Å². The van der Waals surface area contributed by atoms with Gasteiger partial charge in [0.25, 0.3) is 5.91 Å². The Morgan fingerprint density at radius 3 is 2.55 bits per heavy atom. The number of ether oxygens (including phenoxy) is 1. The Morgan fingerprint density at radius 2 is 1.90 bits per heavy atom. The van der Waals surface area contributed by atoms with Crippen LogP contribution in [0.25, 0.3) is 0 Å². The maximum Gasteiger partial charge on any atom is 0.262 e. The number of carbonyl (C=O) groups excluding carboxylic acids is 1. The van der Waals surface area contributed by atoms with Crippen molar-refractivity contribution in [2.75, 3.05) is 32.8 Å². The predicted molar refractivity (Wildman–Crippen MR) is 116 cm³/mol. The summed E-state index contributed by atoms with van der Waals surface area (Å²) in [7, 11) is -3.74. The first-order chi connectivity index (χ1) is 13.6. The van der Waals surface area contributed by atoms with Crippen LogP contribution < -0.4 is 5.32 Å². The lowest BCUT2D eigenvalue weighted by molar-refractivity contribution is 0.0730. The molecule has 0 unspecified atom stereocenters. The number of amides is 1. The molecule has 1 amide bonds. The smallest absolute Gasteiger partial charge is 0.262 e. The highest BCUT2D eigenvalue weighted by molar-refractivity contribution is 7.89. The van der Waals surface area contributed by atoms with E-state index in [2.05, 4.69) is 5.32 Å². The predicted octanol–water partition coefficient (Wildman–Crippen LogP) is 3.78. The zero-order valence-corrected chi connectivity index (χ0v) is 19.2. The average Bonchev–Trinajstić information content (AvgIpc) is 3.20. The number of thiophene rings is 1. The Morgan fingerprint density at radius 1 is 1.21 bits per heavy atom. The first-order valence-corrected chi connectivity index (χ1v) is 12.1. The molecule has 0 atom stereocenters. The zero-order valence-electron chi connectivity index (χ0n) is 16.1. The maximum atomic E-state index is 12.9. The largest absolute Gasteiger partial charge is 0.379 e. The van der Waals surface area contributed by atoms with Gasteiger partial charge in [-0.2, -0.15) is 4.31 Å². The topological polar surface area (TPSA) is 75.7 Å². The third kappa shape index (κ3) is 4.95. The molecule has 10 heteroatoms. The Labute approximate surface area is 184 Å². The van der Waals surface area contributed by atoms with Crippen molar-refractivity contribution in [3.05, 3.63) is 50.1 Å². The van der Waals surface area contributed by atoms with Crippen LogP contribution in [0.15, 0.2) is 34.5 Å². The molecule has 158 valence electrons. The van der Waals surface area contributed by atoms with Crippen molar-refractivity contribution in [1.82, 2.24) is 9.62 Å². The molecule has 0 saturated carbocycles. The second-order valence-corrected chi connectivity index (χ2v) is 11.0. The Kier molecular flexibility index (Phi) is 6.92. The zero-order chi connectivity index (χ0) is 21.2. The fourth-order valence-electron chi connectivity index (χ4n) is 2.99. The monoisotopic (exact) mass is 476 g/mol. The van der Waals surface area contributed by atoms with E-state index in [1.165, 1.54) is 10.4 Å². The third-order valence-corrected chi connectivity index (χ3v) is 8.54. The van der Waals surface area contributed by atoms with Gasteiger partial charge in [-0.3, -0.25) is 4.79 Å². The molecule has 6 nitrogen and oxygen atoms in total. The quantitative estimate of drug-likeness (QED) is 0.687. The molecule has 1 N–H and O–H groups in total. The van der Waals surface area contributed by atoms with Crippen LogP contribution in [0.5, 0.6) is 0 Å². The Bertz CT molecular complexity index is 999. The molecule has 1 saturated heterocycles. The van der Waals surface area contributed by atoms with Crippen LogP contribution in [0.4, 0.5) is 0 Å². The van der Waals surface area contributed by atoms with Crippen molar-refractivity contribution in [2.24, 2.45) is 0 Å². The van der Waals surface area contributed by atoms with Crippen molar-refractivity contribution in [3.63, 3.8) is 0 Å². The summed E-state index contributed by atoms with van der Waals surface area (Å²) in [6.45, 7) is 5.50. The number of carbonyl (C=O) groups is 1. The van der Waals surface area contributed by atoms with Gasteiger partial charge in [0.1, 0.15) is 9.77 Å². The summed E-state index contributed by atoms with van der Waals surface area (Å²) < 4.78 is 32.5. The lowest BCUT2D eigenvalue weighted by Crippen LogP contribution is -2.41. The van der Waals surface area contributed by atoms with Crippen molar-refractivity contribution >= 4 is 50.5 Å². The van der Waals surface area contributed by atoms with E-state index >= 15 is 0 Å². The summed E-state index contributed by atoms with van der Waals surface area (Å²) >= 11 is 13.2. The second kappa shape index (κ2) is 8.91. The summed E-state index contributed by atoms with van der Waals surface area (Å²) in [4.78, 5) is 13.0. The van der Waals surface area contributed by atoms with Gasteiger partial charge in [-0.25, -0.2) is 8.42 Å². The minimum Gasteiger partial charge on any atom is -0.379 e. The number of morpholine rings is 1. The molecule has 2 heterocycles. The SMILES string of the molecule is CC(C)(CNC(=O)c1sccc1S(=O)(=O)N1CCOCC1)c1ccc(Cl)c(Cl)c1. The molecule has 0 radical (unpaired) electrons. The lowest BCUT2D eigenvalue weighted by Gasteiger charge is -2.27. The van der Waals surface area contributed by atoms with Gasteiger partial charge in [-0.05, 0) is 29.1 Å². The fraction of sp³-hybridized carbons (Fsp3) is 0.421. The van der Waals surface area contributed by atoms with E-state index in [9.17, 15) is 13.2 Å². The van der Waals surface area contributed by atoms with Crippen molar-refractivity contribution in [3.8, 4) is 0 Å². The third-order valence-electron chi connectivity index (χ3n) is 4.82. The van der Waals surface area contributed by atoms with Gasteiger partial charge in [-0.1, -0.05) is 43.1 Å². The van der Waals surface area contributed by atoms with Crippen molar-refractivity contribution in [2.45, 2.75) is 24.2 Å². The number of halogens is 2. The molecule has 1 aromatic heterocycles. The molecule has 29 heavy (non-hydrogen) atoms. The van der Waals surface area contributed by atoms with Gasteiger partial charge in [0, 0.05) is 25.0 Å². The summed E-state index contributed by atoms with van der Waals surface area (Å²) in [5.74, 6) is -0.417. The van der Waals surface area contributed by atoms with E-state index in [1.54, 1.807) is 17.5 Å². The molecule has 0 bridgehead atoms. The first kappa shape index (κ1) is 22.5. The Hall–Kier alpha value is -1.16. The number of sulfonamides is 1. The van der Waals surface area contributed by atoms with E-state index in [1.807, 2.05) is 19.9 Å². The van der Waals surface area contributed by atoms with Crippen LogP contribution in [0, 0.1) is 0 Å². The molecule has 3 rings (SSSR count). The van der Waals surface area contributed by atoms with Crippen LogP contribution in [0.2, 0.25) is 10.0 Å². The lowest BCUT2D eigenvalue weighted by atomic mass is 9.84. The van der Waals surface area contributed by atoms with E-state index in [0.717, 1.165) is 16.9 Å². The van der Waals surface area contributed by atoms with Gasteiger partial charge in [0.2, 0.25) is 10.0 Å². The average molecular weight is 477 g/mol. The standard InChI is InChI=1S/C19H22Cl2N2O4S2/c1-19(2,13-3-4-14(20)15(21)11-13)12-22-18(24)17-16(5-10-28-17)29(25,26)23-6-8-27-9-7-23/h3-5,10-11H,6-9,12H2,1-2H3,(H,22,24). The number of benzene rings is 1. The van der Waals surface area contributed by atoms with Crippen LogP contribution in [-0.4, -0.2) is 51.5 Å².